The minimum atomic E-state index is -1.27. The molecule has 156 valence electrons. The zero-order valence-electron chi connectivity index (χ0n) is 16.8. The van der Waals surface area contributed by atoms with Gasteiger partial charge in [-0.15, -0.1) is 0 Å². The molecule has 5 nitrogen and oxygen atoms in total. The number of aliphatic hydroxyl groups is 1. The Kier molecular flexibility index (Phi) is 10.5. The van der Waals surface area contributed by atoms with E-state index < -0.39 is 12.0 Å². The summed E-state index contributed by atoms with van der Waals surface area (Å²) in [5.41, 5.74) is 3.70. The van der Waals surface area contributed by atoms with E-state index in [2.05, 4.69) is 33.4 Å². The average molecular weight is 461 g/mol. The molecule has 0 bridgehead atoms. The maximum atomic E-state index is 12.0. The van der Waals surface area contributed by atoms with Gasteiger partial charge in [0.1, 0.15) is 5.75 Å². The largest absolute Gasteiger partial charge is 0.494 e. The SMILES string of the molecule is CCCCCCCCOc1ccc(C=NNC(=O)C(O)c2ccc(Br)cc2)cc1. The first kappa shape index (κ1) is 23.1. The lowest BCUT2D eigenvalue weighted by Gasteiger charge is -2.09. The summed E-state index contributed by atoms with van der Waals surface area (Å²) < 4.78 is 6.63. The monoisotopic (exact) mass is 460 g/mol. The molecule has 0 aliphatic rings. The zero-order valence-corrected chi connectivity index (χ0v) is 18.4. The molecule has 1 amide bonds. The van der Waals surface area contributed by atoms with Crippen molar-refractivity contribution in [2.45, 2.75) is 51.6 Å². The van der Waals surface area contributed by atoms with Gasteiger partial charge in [0.05, 0.1) is 12.8 Å². The summed E-state index contributed by atoms with van der Waals surface area (Å²) in [5.74, 6) is 0.243. The van der Waals surface area contributed by atoms with Crippen molar-refractivity contribution >= 4 is 28.1 Å². The van der Waals surface area contributed by atoms with Crippen LogP contribution in [-0.2, 0) is 4.79 Å². The quantitative estimate of drug-likeness (QED) is 0.254. The highest BCUT2D eigenvalue weighted by Gasteiger charge is 2.16. The van der Waals surface area contributed by atoms with Crippen molar-refractivity contribution in [3.05, 3.63) is 64.1 Å². The fourth-order valence-electron chi connectivity index (χ4n) is 2.75. The molecule has 2 aromatic carbocycles. The Labute approximate surface area is 181 Å². The number of halogens is 1. The number of ether oxygens (including phenoxy) is 1. The number of hydrogen-bond acceptors (Lipinski definition) is 4. The molecular weight excluding hydrogens is 432 g/mol. The average Bonchev–Trinajstić information content (AvgIpc) is 2.74. The molecule has 1 unspecified atom stereocenters. The molecule has 0 saturated heterocycles. The Balaban J connectivity index is 1.71. The summed E-state index contributed by atoms with van der Waals surface area (Å²) in [4.78, 5) is 12.0. The van der Waals surface area contributed by atoms with E-state index in [-0.39, 0.29) is 0 Å². The second-order valence-electron chi connectivity index (χ2n) is 6.87. The molecule has 0 heterocycles. The van der Waals surface area contributed by atoms with Crippen LogP contribution in [0.3, 0.4) is 0 Å². The first-order valence-electron chi connectivity index (χ1n) is 10.1. The van der Waals surface area contributed by atoms with Crippen molar-refractivity contribution in [2.24, 2.45) is 5.10 Å². The molecule has 0 spiro atoms. The van der Waals surface area contributed by atoms with Crippen LogP contribution in [0.25, 0.3) is 0 Å². The first-order chi connectivity index (χ1) is 14.1. The van der Waals surface area contributed by atoms with Crippen LogP contribution in [0, 0.1) is 0 Å². The number of aliphatic hydroxyl groups excluding tert-OH is 1. The number of hydrogen-bond donors (Lipinski definition) is 2. The van der Waals surface area contributed by atoms with Crippen LogP contribution in [0.15, 0.2) is 58.1 Å². The number of rotatable bonds is 12. The fourth-order valence-corrected chi connectivity index (χ4v) is 3.01. The zero-order chi connectivity index (χ0) is 20.9. The van der Waals surface area contributed by atoms with Crippen molar-refractivity contribution in [2.75, 3.05) is 6.61 Å². The Bertz CT molecular complexity index is 761. The number of hydrazone groups is 1. The van der Waals surface area contributed by atoms with Crippen molar-refractivity contribution in [1.82, 2.24) is 5.43 Å². The Morgan fingerprint density at radius 1 is 1.07 bits per heavy atom. The molecule has 0 aliphatic carbocycles. The number of carbonyl (C=O) groups excluding carboxylic acids is 1. The van der Waals surface area contributed by atoms with E-state index in [9.17, 15) is 9.90 Å². The minimum absolute atomic E-state index is 0.507. The summed E-state index contributed by atoms with van der Waals surface area (Å²) >= 11 is 3.32. The number of amides is 1. The van der Waals surface area contributed by atoms with E-state index in [0.29, 0.717) is 5.56 Å². The molecule has 0 saturated carbocycles. The van der Waals surface area contributed by atoms with E-state index in [1.54, 1.807) is 24.3 Å². The van der Waals surface area contributed by atoms with Crippen molar-refractivity contribution in [1.29, 1.82) is 0 Å². The Hall–Kier alpha value is -2.18. The van der Waals surface area contributed by atoms with Crippen molar-refractivity contribution in [3.8, 4) is 5.75 Å². The Morgan fingerprint density at radius 2 is 1.72 bits per heavy atom. The van der Waals surface area contributed by atoms with Crippen LogP contribution in [0.1, 0.15) is 62.7 Å². The lowest BCUT2D eigenvalue weighted by Crippen LogP contribution is -2.25. The summed E-state index contributed by atoms with van der Waals surface area (Å²) in [7, 11) is 0. The summed E-state index contributed by atoms with van der Waals surface area (Å²) in [6.45, 7) is 2.95. The highest BCUT2D eigenvalue weighted by Crippen LogP contribution is 2.17. The maximum absolute atomic E-state index is 12.0. The number of unbranched alkanes of at least 4 members (excludes halogenated alkanes) is 5. The lowest BCUT2D eigenvalue weighted by atomic mass is 10.1. The van der Waals surface area contributed by atoms with Gasteiger partial charge < -0.3 is 9.84 Å². The topological polar surface area (TPSA) is 70.9 Å². The lowest BCUT2D eigenvalue weighted by molar-refractivity contribution is -0.129. The summed E-state index contributed by atoms with van der Waals surface area (Å²) in [5, 5.41) is 14.0. The Morgan fingerprint density at radius 3 is 2.41 bits per heavy atom. The van der Waals surface area contributed by atoms with Crippen LogP contribution in [-0.4, -0.2) is 23.8 Å². The number of carbonyl (C=O) groups is 1. The first-order valence-corrected chi connectivity index (χ1v) is 10.9. The normalized spacial score (nSPS) is 12.1. The van der Waals surface area contributed by atoms with Gasteiger partial charge in [-0.2, -0.15) is 5.10 Å². The molecule has 0 aromatic heterocycles. The molecule has 0 aliphatic heterocycles. The van der Waals surface area contributed by atoms with Crippen LogP contribution in [0.2, 0.25) is 0 Å². The van der Waals surface area contributed by atoms with E-state index in [1.807, 2.05) is 24.3 Å². The minimum Gasteiger partial charge on any atom is -0.494 e. The third-order valence-corrected chi connectivity index (χ3v) is 5.00. The van der Waals surface area contributed by atoms with E-state index in [4.69, 9.17) is 4.74 Å². The molecule has 0 radical (unpaired) electrons. The van der Waals surface area contributed by atoms with Crippen molar-refractivity contribution in [3.63, 3.8) is 0 Å². The fraction of sp³-hybridized carbons (Fsp3) is 0.391. The van der Waals surface area contributed by atoms with Crippen LogP contribution in [0.4, 0.5) is 0 Å². The molecule has 1 atom stereocenters. The highest BCUT2D eigenvalue weighted by atomic mass is 79.9. The molecule has 6 heteroatoms. The number of nitrogens with one attached hydrogen (secondary N) is 1. The molecule has 29 heavy (non-hydrogen) atoms. The van der Waals surface area contributed by atoms with Gasteiger partial charge in [-0.05, 0) is 53.9 Å². The van der Waals surface area contributed by atoms with Gasteiger partial charge >= 0.3 is 0 Å². The van der Waals surface area contributed by atoms with Crippen molar-refractivity contribution < 1.29 is 14.6 Å². The van der Waals surface area contributed by atoms with Gasteiger partial charge in [0.2, 0.25) is 0 Å². The van der Waals surface area contributed by atoms with Gasteiger partial charge in [-0.1, -0.05) is 67.1 Å². The standard InChI is InChI=1S/C23H29BrN2O3/c1-2-3-4-5-6-7-16-29-21-14-8-18(9-15-21)17-25-26-23(28)22(27)19-10-12-20(24)13-11-19/h8-15,17,22,27H,2-7,16H2,1H3,(H,26,28). The van der Waals surface area contributed by atoms with Crippen LogP contribution in [0.5, 0.6) is 5.75 Å². The summed E-state index contributed by atoms with van der Waals surface area (Å²) in [6.07, 6.45) is 7.70. The van der Waals surface area contributed by atoms with E-state index >= 15 is 0 Å². The van der Waals surface area contributed by atoms with Crippen LogP contribution >= 0.6 is 15.9 Å². The molecule has 2 N–H and O–H groups in total. The second-order valence-corrected chi connectivity index (χ2v) is 7.79. The van der Waals surface area contributed by atoms with E-state index in [0.717, 1.165) is 28.8 Å². The predicted molar refractivity (Wildman–Crippen MR) is 120 cm³/mol. The van der Waals surface area contributed by atoms with Gasteiger partial charge in [0.15, 0.2) is 6.10 Å². The highest BCUT2D eigenvalue weighted by molar-refractivity contribution is 9.10. The van der Waals surface area contributed by atoms with Gasteiger partial charge in [0, 0.05) is 4.47 Å². The van der Waals surface area contributed by atoms with Gasteiger partial charge in [0.25, 0.3) is 5.91 Å². The second kappa shape index (κ2) is 13.1. The van der Waals surface area contributed by atoms with Gasteiger partial charge in [-0.3, -0.25) is 4.79 Å². The van der Waals surface area contributed by atoms with Gasteiger partial charge in [-0.25, -0.2) is 5.43 Å². The third-order valence-electron chi connectivity index (χ3n) is 4.47. The molecule has 2 rings (SSSR count). The number of benzene rings is 2. The number of nitrogens with zero attached hydrogens (tertiary/aromatic N) is 1. The van der Waals surface area contributed by atoms with E-state index in [1.165, 1.54) is 38.3 Å². The molecule has 0 fully saturated rings. The maximum Gasteiger partial charge on any atom is 0.273 e. The van der Waals surface area contributed by atoms with Crippen LogP contribution < -0.4 is 10.2 Å². The summed E-state index contributed by atoms with van der Waals surface area (Å²) in [6, 6.07) is 14.4. The predicted octanol–water partition coefficient (Wildman–Crippen LogP) is 5.37. The molecular formula is C23H29BrN2O3. The molecule has 2 aromatic rings. The smallest absolute Gasteiger partial charge is 0.273 e. The third kappa shape index (κ3) is 8.79.